The van der Waals surface area contributed by atoms with Gasteiger partial charge in [0.2, 0.25) is 5.91 Å². The second-order valence-electron chi connectivity index (χ2n) is 6.44. The Balaban J connectivity index is 1.65. The van der Waals surface area contributed by atoms with Gasteiger partial charge in [-0.2, -0.15) is 0 Å². The van der Waals surface area contributed by atoms with E-state index in [1.807, 2.05) is 30.3 Å². The van der Waals surface area contributed by atoms with Crippen molar-refractivity contribution in [1.29, 1.82) is 0 Å². The number of carbonyl (C=O) groups excluding carboxylic acids is 2. The Labute approximate surface area is 174 Å². The number of benzene rings is 3. The third-order valence-electron chi connectivity index (χ3n) is 4.13. The largest absolute Gasteiger partial charge is 0.493 e. The number of halogens is 1. The first kappa shape index (κ1) is 20.4. The van der Waals surface area contributed by atoms with Crippen LogP contribution in [0.15, 0.2) is 72.8 Å². The third-order valence-corrected chi connectivity index (χ3v) is 4.37. The van der Waals surface area contributed by atoms with Gasteiger partial charge in [-0.05, 0) is 35.9 Å². The van der Waals surface area contributed by atoms with Crippen molar-refractivity contribution >= 4 is 34.8 Å². The van der Waals surface area contributed by atoms with Crippen LogP contribution in [-0.2, 0) is 11.2 Å². The van der Waals surface area contributed by atoms with Crippen molar-refractivity contribution in [1.82, 2.24) is 0 Å². The molecule has 148 valence electrons. The second-order valence-corrected chi connectivity index (χ2v) is 6.87. The minimum absolute atomic E-state index is 0.282. The fourth-order valence-corrected chi connectivity index (χ4v) is 2.97. The standard InChI is InChI=1S/C23H21ClN2O3/c1-16(27)25-22-14-18(24)10-11-21(22)23(28)26-19-8-5-9-20(15-19)29-13-12-17-6-3-2-4-7-17/h2-11,14-15H,12-13H2,1H3,(H,25,27)(H,26,28). The molecule has 0 aliphatic rings. The van der Waals surface area contributed by atoms with E-state index in [0.717, 1.165) is 6.42 Å². The molecule has 0 fully saturated rings. The summed E-state index contributed by atoms with van der Waals surface area (Å²) in [5.74, 6) is 0.0268. The summed E-state index contributed by atoms with van der Waals surface area (Å²) in [6.07, 6.45) is 0.794. The lowest BCUT2D eigenvalue weighted by Gasteiger charge is -2.12. The number of amides is 2. The molecule has 3 rings (SSSR count). The van der Waals surface area contributed by atoms with E-state index < -0.39 is 0 Å². The molecule has 2 amide bonds. The molecule has 0 saturated carbocycles. The molecule has 3 aromatic carbocycles. The fraction of sp³-hybridized carbons (Fsp3) is 0.130. The summed E-state index contributed by atoms with van der Waals surface area (Å²) in [6, 6.07) is 22.0. The molecule has 0 bridgehead atoms. The molecule has 6 heteroatoms. The summed E-state index contributed by atoms with van der Waals surface area (Å²) in [5, 5.41) is 5.88. The molecule has 2 N–H and O–H groups in total. The summed E-state index contributed by atoms with van der Waals surface area (Å²) in [6.45, 7) is 1.91. The molecule has 5 nitrogen and oxygen atoms in total. The summed E-state index contributed by atoms with van der Waals surface area (Å²) in [4.78, 5) is 24.1. The minimum Gasteiger partial charge on any atom is -0.493 e. The molecule has 0 radical (unpaired) electrons. The molecule has 29 heavy (non-hydrogen) atoms. The van der Waals surface area contributed by atoms with E-state index in [1.54, 1.807) is 30.3 Å². The zero-order valence-corrected chi connectivity index (χ0v) is 16.7. The Bertz CT molecular complexity index is 1010. The van der Waals surface area contributed by atoms with E-state index in [0.29, 0.717) is 34.3 Å². The predicted molar refractivity (Wildman–Crippen MR) is 116 cm³/mol. The Morgan fingerprint density at radius 3 is 2.48 bits per heavy atom. The van der Waals surface area contributed by atoms with E-state index in [9.17, 15) is 9.59 Å². The van der Waals surface area contributed by atoms with Crippen molar-refractivity contribution in [3.8, 4) is 5.75 Å². The van der Waals surface area contributed by atoms with Crippen LogP contribution in [0.25, 0.3) is 0 Å². The summed E-state index contributed by atoms with van der Waals surface area (Å²) < 4.78 is 5.80. The van der Waals surface area contributed by atoms with Gasteiger partial charge in [-0.25, -0.2) is 0 Å². The van der Waals surface area contributed by atoms with Crippen LogP contribution in [0.3, 0.4) is 0 Å². The first-order chi connectivity index (χ1) is 14.0. The summed E-state index contributed by atoms with van der Waals surface area (Å²) in [5.41, 5.74) is 2.47. The van der Waals surface area contributed by atoms with Crippen LogP contribution in [0.5, 0.6) is 5.75 Å². The fourth-order valence-electron chi connectivity index (χ4n) is 2.80. The van der Waals surface area contributed by atoms with Crippen LogP contribution in [0.4, 0.5) is 11.4 Å². The van der Waals surface area contributed by atoms with Crippen LogP contribution < -0.4 is 15.4 Å². The Hall–Kier alpha value is -3.31. The molecule has 0 atom stereocenters. The number of anilines is 2. The maximum Gasteiger partial charge on any atom is 0.257 e. The van der Waals surface area contributed by atoms with E-state index in [1.165, 1.54) is 12.5 Å². The van der Waals surface area contributed by atoms with Crippen molar-refractivity contribution in [2.75, 3.05) is 17.2 Å². The van der Waals surface area contributed by atoms with E-state index in [-0.39, 0.29) is 11.8 Å². The first-order valence-electron chi connectivity index (χ1n) is 9.16. The number of rotatable bonds is 7. The monoisotopic (exact) mass is 408 g/mol. The van der Waals surface area contributed by atoms with E-state index in [4.69, 9.17) is 16.3 Å². The average molecular weight is 409 g/mol. The Morgan fingerprint density at radius 1 is 0.931 bits per heavy atom. The number of nitrogens with one attached hydrogen (secondary N) is 2. The predicted octanol–water partition coefficient (Wildman–Crippen LogP) is 5.17. The number of ether oxygens (including phenoxy) is 1. The first-order valence-corrected chi connectivity index (χ1v) is 9.54. The second kappa shape index (κ2) is 9.75. The molecule has 0 aliphatic heterocycles. The van der Waals surface area contributed by atoms with Gasteiger partial charge in [-0.3, -0.25) is 9.59 Å². The number of hydrogen-bond acceptors (Lipinski definition) is 3. The van der Waals surface area contributed by atoms with Crippen LogP contribution in [-0.4, -0.2) is 18.4 Å². The molecule has 0 spiro atoms. The Kier molecular flexibility index (Phi) is 6.87. The lowest BCUT2D eigenvalue weighted by molar-refractivity contribution is -0.114. The maximum absolute atomic E-state index is 12.7. The number of hydrogen-bond donors (Lipinski definition) is 2. The maximum atomic E-state index is 12.7. The van der Waals surface area contributed by atoms with Gasteiger partial charge in [-0.1, -0.05) is 48.0 Å². The smallest absolute Gasteiger partial charge is 0.257 e. The highest BCUT2D eigenvalue weighted by atomic mass is 35.5. The summed E-state index contributed by atoms with van der Waals surface area (Å²) in [7, 11) is 0. The molecule has 0 saturated heterocycles. The SMILES string of the molecule is CC(=O)Nc1cc(Cl)ccc1C(=O)Nc1cccc(OCCc2ccccc2)c1. The quantitative estimate of drug-likeness (QED) is 0.566. The van der Waals surface area contributed by atoms with Gasteiger partial charge in [0.1, 0.15) is 5.75 Å². The van der Waals surface area contributed by atoms with Gasteiger partial charge >= 0.3 is 0 Å². The van der Waals surface area contributed by atoms with Crippen LogP contribution in [0.1, 0.15) is 22.8 Å². The molecule has 0 aromatic heterocycles. The van der Waals surface area contributed by atoms with Gasteiger partial charge in [0.15, 0.2) is 0 Å². The minimum atomic E-state index is -0.355. The molecule has 0 unspecified atom stereocenters. The van der Waals surface area contributed by atoms with E-state index >= 15 is 0 Å². The zero-order valence-electron chi connectivity index (χ0n) is 15.9. The normalized spacial score (nSPS) is 10.3. The van der Waals surface area contributed by atoms with Gasteiger partial charge in [0, 0.05) is 30.1 Å². The number of carbonyl (C=O) groups is 2. The topological polar surface area (TPSA) is 67.4 Å². The van der Waals surface area contributed by atoms with Crippen LogP contribution in [0, 0.1) is 0 Å². The van der Waals surface area contributed by atoms with Crippen LogP contribution >= 0.6 is 11.6 Å². The molecule has 0 aliphatic carbocycles. The van der Waals surface area contributed by atoms with Crippen molar-refractivity contribution < 1.29 is 14.3 Å². The van der Waals surface area contributed by atoms with Crippen molar-refractivity contribution in [2.45, 2.75) is 13.3 Å². The van der Waals surface area contributed by atoms with Gasteiger partial charge in [0.05, 0.1) is 17.9 Å². The molecular formula is C23H21ClN2O3. The van der Waals surface area contributed by atoms with Gasteiger partial charge in [-0.15, -0.1) is 0 Å². The van der Waals surface area contributed by atoms with E-state index in [2.05, 4.69) is 22.8 Å². The zero-order chi connectivity index (χ0) is 20.6. The summed E-state index contributed by atoms with van der Waals surface area (Å²) >= 11 is 5.98. The van der Waals surface area contributed by atoms with Crippen molar-refractivity contribution in [3.63, 3.8) is 0 Å². The highest BCUT2D eigenvalue weighted by Crippen LogP contribution is 2.24. The molecule has 0 heterocycles. The average Bonchev–Trinajstić information content (AvgIpc) is 2.69. The molecular weight excluding hydrogens is 388 g/mol. The molecule has 3 aromatic rings. The lowest BCUT2D eigenvalue weighted by atomic mass is 10.1. The third kappa shape index (κ3) is 6.09. The van der Waals surface area contributed by atoms with Crippen molar-refractivity contribution in [3.05, 3.63) is 88.9 Å². The van der Waals surface area contributed by atoms with Crippen LogP contribution in [0.2, 0.25) is 5.02 Å². The highest BCUT2D eigenvalue weighted by molar-refractivity contribution is 6.31. The Morgan fingerprint density at radius 2 is 1.72 bits per heavy atom. The highest BCUT2D eigenvalue weighted by Gasteiger charge is 2.13. The van der Waals surface area contributed by atoms with Gasteiger partial charge < -0.3 is 15.4 Å². The van der Waals surface area contributed by atoms with Crippen molar-refractivity contribution in [2.24, 2.45) is 0 Å². The van der Waals surface area contributed by atoms with Gasteiger partial charge in [0.25, 0.3) is 5.91 Å². The lowest BCUT2D eigenvalue weighted by Crippen LogP contribution is -2.16.